The van der Waals surface area contributed by atoms with Crippen molar-refractivity contribution in [2.75, 3.05) is 24.6 Å². The normalized spacial score (nSPS) is 19.7. The fourth-order valence-corrected chi connectivity index (χ4v) is 3.78. The van der Waals surface area contributed by atoms with Gasteiger partial charge in [0.25, 0.3) is 0 Å². The van der Waals surface area contributed by atoms with Crippen LogP contribution in [0.5, 0.6) is 0 Å². The first-order chi connectivity index (χ1) is 10.4. The van der Waals surface area contributed by atoms with Crippen molar-refractivity contribution < 1.29 is 17.7 Å². The van der Waals surface area contributed by atoms with E-state index in [-0.39, 0.29) is 29.1 Å². The van der Waals surface area contributed by atoms with Gasteiger partial charge >= 0.3 is 0 Å². The number of sulfone groups is 1. The Morgan fingerprint density at radius 3 is 2.26 bits per heavy atom. The van der Waals surface area contributed by atoms with Gasteiger partial charge in [-0.15, -0.1) is 0 Å². The summed E-state index contributed by atoms with van der Waals surface area (Å²) in [7, 11) is -2.95. The van der Waals surface area contributed by atoms with Gasteiger partial charge in [0.05, 0.1) is 29.2 Å². The van der Waals surface area contributed by atoms with Crippen molar-refractivity contribution in [1.82, 2.24) is 10.1 Å². The smallest absolute Gasteiger partial charge is 0.158 e. The number of hydrogen-bond donors (Lipinski definition) is 0. The molecule has 2 rings (SSSR count). The zero-order chi connectivity index (χ0) is 17.5. The van der Waals surface area contributed by atoms with Gasteiger partial charge in [0, 0.05) is 24.6 Å². The molecule has 2 heterocycles. The molecule has 0 aromatic carbocycles. The van der Waals surface area contributed by atoms with Crippen molar-refractivity contribution in [3.05, 3.63) is 17.5 Å². The highest BCUT2D eigenvalue weighted by Gasteiger charge is 2.38. The Bertz CT molecular complexity index is 669. The average Bonchev–Trinajstić information content (AvgIpc) is 2.86. The standard InChI is InChI=1S/C16H26N2O4S/c1-15(2,3)14-11-12(17-22-14)10-13(19)16(4,5)18-6-8-23(20,21)9-7-18/h11H,6-10H2,1-5H3. The summed E-state index contributed by atoms with van der Waals surface area (Å²) in [6.45, 7) is 10.6. The predicted molar refractivity (Wildman–Crippen MR) is 88.2 cm³/mol. The molecule has 1 fully saturated rings. The molecule has 1 aliphatic rings. The summed E-state index contributed by atoms with van der Waals surface area (Å²) in [6.07, 6.45) is 0.190. The van der Waals surface area contributed by atoms with E-state index >= 15 is 0 Å². The minimum atomic E-state index is -2.95. The third-order valence-electron chi connectivity index (χ3n) is 4.46. The van der Waals surface area contributed by atoms with Gasteiger partial charge in [0.15, 0.2) is 15.6 Å². The Hall–Kier alpha value is -1.21. The summed E-state index contributed by atoms with van der Waals surface area (Å²) in [5, 5.41) is 3.99. The topological polar surface area (TPSA) is 80.5 Å². The second-order valence-electron chi connectivity index (χ2n) is 7.73. The second kappa shape index (κ2) is 6.02. The highest BCUT2D eigenvalue weighted by molar-refractivity contribution is 7.91. The van der Waals surface area contributed by atoms with Crippen molar-refractivity contribution in [2.24, 2.45) is 0 Å². The van der Waals surface area contributed by atoms with Crippen LogP contribution in [0.2, 0.25) is 0 Å². The van der Waals surface area contributed by atoms with Crippen molar-refractivity contribution >= 4 is 15.6 Å². The fraction of sp³-hybridized carbons (Fsp3) is 0.750. The molecule has 0 spiro atoms. The highest BCUT2D eigenvalue weighted by Crippen LogP contribution is 2.25. The minimum Gasteiger partial charge on any atom is -0.361 e. The number of nitrogens with zero attached hydrogens (tertiary/aromatic N) is 2. The first-order valence-corrected chi connectivity index (χ1v) is 9.69. The van der Waals surface area contributed by atoms with Gasteiger partial charge in [-0.1, -0.05) is 25.9 Å². The summed E-state index contributed by atoms with van der Waals surface area (Å²) in [5.41, 5.74) is -0.236. The first-order valence-electron chi connectivity index (χ1n) is 7.87. The van der Waals surface area contributed by atoms with E-state index in [9.17, 15) is 13.2 Å². The second-order valence-corrected chi connectivity index (χ2v) is 10.0. The van der Waals surface area contributed by atoms with Crippen molar-refractivity contribution in [1.29, 1.82) is 0 Å². The summed E-state index contributed by atoms with van der Waals surface area (Å²) in [5.74, 6) is 0.997. The van der Waals surface area contributed by atoms with Gasteiger partial charge in [-0.3, -0.25) is 9.69 Å². The molecule has 1 aromatic rings. The van der Waals surface area contributed by atoms with Crippen molar-refractivity contribution in [2.45, 2.75) is 52.0 Å². The number of ketones is 1. The largest absolute Gasteiger partial charge is 0.361 e. The maximum atomic E-state index is 12.7. The fourth-order valence-electron chi connectivity index (χ4n) is 2.58. The number of carbonyl (C=O) groups is 1. The van der Waals surface area contributed by atoms with E-state index in [1.54, 1.807) is 0 Å². The Morgan fingerprint density at radius 1 is 1.22 bits per heavy atom. The third kappa shape index (κ3) is 4.20. The van der Waals surface area contributed by atoms with E-state index in [1.807, 2.05) is 45.6 Å². The van der Waals surface area contributed by atoms with Crippen molar-refractivity contribution in [3.63, 3.8) is 0 Å². The summed E-state index contributed by atoms with van der Waals surface area (Å²) in [6, 6.07) is 1.83. The van der Waals surface area contributed by atoms with Gasteiger partial charge in [0.1, 0.15) is 5.76 Å². The molecule has 0 unspecified atom stereocenters. The molecular formula is C16H26N2O4S. The summed E-state index contributed by atoms with van der Waals surface area (Å²) in [4.78, 5) is 14.6. The molecule has 1 saturated heterocycles. The molecule has 7 heteroatoms. The zero-order valence-electron chi connectivity index (χ0n) is 14.5. The lowest BCUT2D eigenvalue weighted by Crippen LogP contribution is -2.56. The summed E-state index contributed by atoms with van der Waals surface area (Å²) < 4.78 is 28.4. The van der Waals surface area contributed by atoms with Gasteiger partial charge < -0.3 is 4.52 Å². The first kappa shape index (κ1) is 18.1. The number of hydrogen-bond acceptors (Lipinski definition) is 6. The zero-order valence-corrected chi connectivity index (χ0v) is 15.4. The number of aromatic nitrogens is 1. The molecule has 0 aliphatic carbocycles. The number of Topliss-reactive ketones (excluding diaryl/α,β-unsaturated/α-hetero) is 1. The Labute approximate surface area is 138 Å². The molecule has 0 atom stereocenters. The maximum absolute atomic E-state index is 12.7. The van der Waals surface area contributed by atoms with Crippen LogP contribution < -0.4 is 0 Å². The van der Waals surface area contributed by atoms with Crippen LogP contribution >= 0.6 is 0 Å². The quantitative estimate of drug-likeness (QED) is 0.827. The molecule has 0 saturated carbocycles. The van der Waals surface area contributed by atoms with E-state index in [4.69, 9.17) is 4.52 Å². The Balaban J connectivity index is 2.06. The van der Waals surface area contributed by atoms with E-state index < -0.39 is 15.4 Å². The Kier molecular flexibility index (Phi) is 4.74. The van der Waals surface area contributed by atoms with Crippen LogP contribution in [0.4, 0.5) is 0 Å². The number of carbonyl (C=O) groups excluding carboxylic acids is 1. The monoisotopic (exact) mass is 342 g/mol. The molecule has 0 amide bonds. The summed E-state index contributed by atoms with van der Waals surface area (Å²) >= 11 is 0. The van der Waals surface area contributed by atoms with Crippen LogP contribution in [-0.4, -0.2) is 54.4 Å². The minimum absolute atomic E-state index is 0.0190. The molecule has 6 nitrogen and oxygen atoms in total. The van der Waals surface area contributed by atoms with Crippen LogP contribution in [0, 0.1) is 0 Å². The molecular weight excluding hydrogens is 316 g/mol. The SMILES string of the molecule is CC(C)(C)c1cc(CC(=O)C(C)(C)N2CCS(=O)(=O)CC2)no1. The molecule has 0 radical (unpaired) electrons. The van der Waals surface area contributed by atoms with Gasteiger partial charge in [-0.25, -0.2) is 8.42 Å². The van der Waals surface area contributed by atoms with E-state index in [1.165, 1.54) is 0 Å². The average molecular weight is 342 g/mol. The van der Waals surface area contributed by atoms with Crippen LogP contribution in [0.3, 0.4) is 0 Å². The Morgan fingerprint density at radius 2 is 1.78 bits per heavy atom. The van der Waals surface area contributed by atoms with Gasteiger partial charge in [-0.05, 0) is 13.8 Å². The molecule has 1 aliphatic heterocycles. The molecule has 1 aromatic heterocycles. The molecule has 0 N–H and O–H groups in total. The van der Waals surface area contributed by atoms with Crippen molar-refractivity contribution in [3.8, 4) is 0 Å². The number of rotatable bonds is 4. The molecule has 0 bridgehead atoms. The molecule has 130 valence electrons. The van der Waals surface area contributed by atoms with E-state index in [2.05, 4.69) is 5.16 Å². The predicted octanol–water partition coefficient (Wildman–Crippen LogP) is 1.59. The van der Waals surface area contributed by atoms with Gasteiger partial charge in [-0.2, -0.15) is 0 Å². The van der Waals surface area contributed by atoms with Crippen LogP contribution in [0.1, 0.15) is 46.1 Å². The van der Waals surface area contributed by atoms with Crippen LogP contribution in [-0.2, 0) is 26.5 Å². The lowest BCUT2D eigenvalue weighted by atomic mass is 9.91. The van der Waals surface area contributed by atoms with E-state index in [0.29, 0.717) is 18.8 Å². The van der Waals surface area contributed by atoms with Gasteiger partial charge in [0.2, 0.25) is 0 Å². The highest BCUT2D eigenvalue weighted by atomic mass is 32.2. The third-order valence-corrected chi connectivity index (χ3v) is 6.07. The maximum Gasteiger partial charge on any atom is 0.158 e. The molecule has 23 heavy (non-hydrogen) atoms. The van der Waals surface area contributed by atoms with Crippen LogP contribution in [0.25, 0.3) is 0 Å². The van der Waals surface area contributed by atoms with E-state index in [0.717, 1.165) is 5.76 Å². The lowest BCUT2D eigenvalue weighted by molar-refractivity contribution is -0.128. The lowest BCUT2D eigenvalue weighted by Gasteiger charge is -2.39. The van der Waals surface area contributed by atoms with Crippen LogP contribution in [0.15, 0.2) is 10.6 Å².